The van der Waals surface area contributed by atoms with Crippen molar-refractivity contribution in [1.29, 1.82) is 0 Å². The Bertz CT molecular complexity index is 1950. The second kappa shape index (κ2) is 15.4. The van der Waals surface area contributed by atoms with Gasteiger partial charge in [-0.05, 0) is 66.6 Å². The van der Waals surface area contributed by atoms with Crippen molar-refractivity contribution in [3.63, 3.8) is 0 Å². The molecule has 2 heterocycles. The monoisotopic (exact) mass is 667 g/mol. The van der Waals surface area contributed by atoms with Gasteiger partial charge in [0, 0.05) is 59.3 Å². The molecule has 0 aliphatic rings. The van der Waals surface area contributed by atoms with E-state index in [-0.39, 0.29) is 24.1 Å². The number of carbonyl (C=O) groups excluding carboxylic acids is 3. The molecule has 3 aromatic carbocycles. The summed E-state index contributed by atoms with van der Waals surface area (Å²) in [5.41, 5.74) is 4.62. The molecule has 2 N–H and O–H groups in total. The minimum atomic E-state index is -0.458. The van der Waals surface area contributed by atoms with Crippen molar-refractivity contribution in [2.75, 3.05) is 18.5 Å². The number of ether oxygens (including phenoxy) is 1. The molecule has 0 aliphatic heterocycles. The van der Waals surface area contributed by atoms with E-state index in [4.69, 9.17) is 27.9 Å². The van der Waals surface area contributed by atoms with Gasteiger partial charge < -0.3 is 20.3 Å². The van der Waals surface area contributed by atoms with E-state index in [1.165, 1.54) is 11.0 Å². The Morgan fingerprint density at radius 3 is 2.51 bits per heavy atom. The third kappa shape index (κ3) is 8.52. The van der Waals surface area contributed by atoms with Crippen LogP contribution in [0.2, 0.25) is 10.0 Å². The molecule has 0 unspecified atom stereocenters. The molecule has 0 atom stereocenters. The van der Waals surface area contributed by atoms with Crippen molar-refractivity contribution in [3.05, 3.63) is 135 Å². The smallest absolute Gasteiger partial charge is 0.251 e. The normalized spacial score (nSPS) is 11.0. The van der Waals surface area contributed by atoms with Crippen molar-refractivity contribution in [2.24, 2.45) is 0 Å². The van der Waals surface area contributed by atoms with Crippen LogP contribution in [-0.4, -0.2) is 41.3 Å². The third-order valence-corrected chi connectivity index (χ3v) is 8.06. The summed E-state index contributed by atoms with van der Waals surface area (Å²) in [5.74, 6) is -0.483. The average molecular weight is 669 g/mol. The van der Waals surface area contributed by atoms with Crippen LogP contribution in [0.1, 0.15) is 32.7 Å². The van der Waals surface area contributed by atoms with E-state index >= 15 is 0 Å². The number of benzene rings is 3. The fourth-order valence-corrected chi connectivity index (χ4v) is 5.25. The fraction of sp³-hybridized carbons (Fsp3) is 0.139. The van der Waals surface area contributed by atoms with Crippen LogP contribution >= 0.6 is 23.2 Å². The van der Waals surface area contributed by atoms with Gasteiger partial charge in [0.1, 0.15) is 17.9 Å². The molecule has 0 saturated heterocycles. The van der Waals surface area contributed by atoms with Gasteiger partial charge >= 0.3 is 0 Å². The zero-order valence-electron chi connectivity index (χ0n) is 25.7. The van der Waals surface area contributed by atoms with Crippen molar-refractivity contribution in [3.8, 4) is 5.75 Å². The standard InChI is InChI=1S/C36H31Cl2N5O4/c1-23-8-12-26-6-3-7-31(35(26)42-23)47-22-28-29(37)15-16-30(34(28)38)43(2)33(45)21-40-32(44)17-11-24-9-13-27(14-10-24)36(46)41-20-25-5-4-18-39-19-25/h3-19H,20-22H2,1-2H3,(H,40,44)(H,41,46). The molecular weight excluding hydrogens is 637 g/mol. The summed E-state index contributed by atoms with van der Waals surface area (Å²) in [6, 6.07) is 23.3. The van der Waals surface area contributed by atoms with Crippen LogP contribution in [0.3, 0.4) is 0 Å². The highest BCUT2D eigenvalue weighted by atomic mass is 35.5. The number of nitrogens with one attached hydrogen (secondary N) is 2. The maximum Gasteiger partial charge on any atom is 0.251 e. The lowest BCUT2D eigenvalue weighted by atomic mass is 10.1. The van der Waals surface area contributed by atoms with Crippen LogP contribution in [-0.2, 0) is 22.7 Å². The molecule has 0 fully saturated rings. The Balaban J connectivity index is 1.14. The molecule has 3 amide bonds. The van der Waals surface area contributed by atoms with Gasteiger partial charge in [-0.25, -0.2) is 4.98 Å². The number of para-hydroxylation sites is 1. The van der Waals surface area contributed by atoms with Gasteiger partial charge in [0.15, 0.2) is 0 Å². The number of hydrogen-bond acceptors (Lipinski definition) is 6. The van der Waals surface area contributed by atoms with Crippen LogP contribution in [0.15, 0.2) is 97.3 Å². The van der Waals surface area contributed by atoms with Crippen molar-refractivity contribution in [2.45, 2.75) is 20.1 Å². The molecule has 238 valence electrons. The highest BCUT2D eigenvalue weighted by Gasteiger charge is 2.19. The van der Waals surface area contributed by atoms with Gasteiger partial charge in [-0.15, -0.1) is 0 Å². The fourth-order valence-electron chi connectivity index (χ4n) is 4.64. The number of aromatic nitrogens is 2. The summed E-state index contributed by atoms with van der Waals surface area (Å²) in [6.45, 7) is 2.07. The van der Waals surface area contributed by atoms with Crippen molar-refractivity contribution < 1.29 is 19.1 Å². The second-order valence-corrected chi connectivity index (χ2v) is 11.4. The van der Waals surface area contributed by atoms with E-state index in [0.29, 0.717) is 39.7 Å². The highest BCUT2D eigenvalue weighted by Crippen LogP contribution is 2.35. The Hall–Kier alpha value is -5.25. The summed E-state index contributed by atoms with van der Waals surface area (Å²) < 4.78 is 6.08. The van der Waals surface area contributed by atoms with Crippen LogP contribution in [0.25, 0.3) is 17.0 Å². The summed E-state index contributed by atoms with van der Waals surface area (Å²) in [4.78, 5) is 47.9. The largest absolute Gasteiger partial charge is 0.487 e. The van der Waals surface area contributed by atoms with E-state index < -0.39 is 11.8 Å². The quantitative estimate of drug-likeness (QED) is 0.155. The lowest BCUT2D eigenvalue weighted by Gasteiger charge is -2.21. The first kappa shape index (κ1) is 33.1. The minimum absolute atomic E-state index is 0.0564. The summed E-state index contributed by atoms with van der Waals surface area (Å²) in [7, 11) is 1.57. The number of hydrogen-bond donors (Lipinski definition) is 2. The SMILES string of the molecule is Cc1ccc2cccc(OCc3c(Cl)ccc(N(C)C(=O)CNC(=O)C=Cc4ccc(C(=O)NCc5cccnc5)cc4)c3Cl)c2n1. The highest BCUT2D eigenvalue weighted by molar-refractivity contribution is 6.38. The number of pyridine rings is 2. The predicted octanol–water partition coefficient (Wildman–Crippen LogP) is 6.55. The number of anilines is 1. The number of fused-ring (bicyclic) bond motifs is 1. The Labute approximate surface area is 282 Å². The lowest BCUT2D eigenvalue weighted by molar-refractivity contribution is -0.122. The first-order valence-corrected chi connectivity index (χ1v) is 15.4. The maximum absolute atomic E-state index is 13.0. The van der Waals surface area contributed by atoms with Gasteiger partial charge in [-0.2, -0.15) is 0 Å². The van der Waals surface area contributed by atoms with Gasteiger partial charge in [0.05, 0.1) is 17.3 Å². The molecule has 5 rings (SSSR count). The maximum atomic E-state index is 13.0. The van der Waals surface area contributed by atoms with Crippen molar-refractivity contribution >= 4 is 63.6 Å². The molecule has 5 aromatic rings. The molecule has 0 radical (unpaired) electrons. The van der Waals surface area contributed by atoms with Crippen LogP contribution < -0.4 is 20.3 Å². The van der Waals surface area contributed by atoms with E-state index in [1.54, 1.807) is 61.9 Å². The topological polar surface area (TPSA) is 114 Å². The molecule has 47 heavy (non-hydrogen) atoms. The van der Waals surface area contributed by atoms with Crippen LogP contribution in [0.5, 0.6) is 5.75 Å². The molecular formula is C36H31Cl2N5O4. The number of halogens is 2. The minimum Gasteiger partial charge on any atom is -0.487 e. The molecule has 11 heteroatoms. The third-order valence-electron chi connectivity index (χ3n) is 7.29. The summed E-state index contributed by atoms with van der Waals surface area (Å²) in [5, 5.41) is 7.03. The molecule has 9 nitrogen and oxygen atoms in total. The molecule has 0 saturated carbocycles. The summed E-state index contributed by atoms with van der Waals surface area (Å²) >= 11 is 13.2. The Morgan fingerprint density at radius 2 is 1.74 bits per heavy atom. The summed E-state index contributed by atoms with van der Waals surface area (Å²) in [6.07, 6.45) is 6.28. The van der Waals surface area contributed by atoms with Gasteiger partial charge in [0.25, 0.3) is 5.91 Å². The molecule has 2 aromatic heterocycles. The molecule has 0 bridgehead atoms. The zero-order valence-corrected chi connectivity index (χ0v) is 27.2. The number of rotatable bonds is 11. The zero-order chi connectivity index (χ0) is 33.3. The Morgan fingerprint density at radius 1 is 0.936 bits per heavy atom. The number of aryl methyl sites for hydroxylation is 1. The Kier molecular flexibility index (Phi) is 10.8. The predicted molar refractivity (Wildman–Crippen MR) is 185 cm³/mol. The number of likely N-dealkylation sites (N-methyl/N-ethyl adjacent to an activating group) is 1. The first-order valence-electron chi connectivity index (χ1n) is 14.7. The molecule has 0 aliphatic carbocycles. The number of nitrogens with zero attached hydrogens (tertiary/aromatic N) is 3. The van der Waals surface area contributed by atoms with Crippen LogP contribution in [0.4, 0.5) is 5.69 Å². The van der Waals surface area contributed by atoms with E-state index in [1.807, 2.05) is 49.4 Å². The van der Waals surface area contributed by atoms with E-state index in [2.05, 4.69) is 20.6 Å². The molecule has 0 spiro atoms. The average Bonchev–Trinajstić information content (AvgIpc) is 3.09. The number of carbonyl (C=O) groups is 3. The van der Waals surface area contributed by atoms with Gasteiger partial charge in [0.2, 0.25) is 11.8 Å². The van der Waals surface area contributed by atoms with Gasteiger partial charge in [-0.3, -0.25) is 19.4 Å². The van der Waals surface area contributed by atoms with E-state index in [0.717, 1.165) is 22.2 Å². The lowest BCUT2D eigenvalue weighted by Crippen LogP contribution is -2.37. The van der Waals surface area contributed by atoms with E-state index in [9.17, 15) is 14.4 Å². The second-order valence-electron chi connectivity index (χ2n) is 10.6. The van der Waals surface area contributed by atoms with Gasteiger partial charge in [-0.1, -0.05) is 59.6 Å². The number of amides is 3. The first-order chi connectivity index (χ1) is 22.7. The van der Waals surface area contributed by atoms with Crippen molar-refractivity contribution in [1.82, 2.24) is 20.6 Å². The van der Waals surface area contributed by atoms with Crippen LogP contribution in [0, 0.1) is 6.92 Å².